The molecular formula is C59H62N2O8. The third kappa shape index (κ3) is 10.2. The van der Waals surface area contributed by atoms with E-state index in [9.17, 15) is 15.0 Å². The average molecular weight is 927 g/mol. The van der Waals surface area contributed by atoms with E-state index in [0.717, 1.165) is 69.8 Å². The Morgan fingerprint density at radius 1 is 0.812 bits per heavy atom. The lowest BCUT2D eigenvalue weighted by atomic mass is 9.55. The van der Waals surface area contributed by atoms with Crippen molar-refractivity contribution in [1.29, 1.82) is 0 Å². The molecule has 1 fully saturated rings. The van der Waals surface area contributed by atoms with E-state index in [-0.39, 0.29) is 57.1 Å². The highest BCUT2D eigenvalue weighted by Crippen LogP contribution is 2.62. The summed E-state index contributed by atoms with van der Waals surface area (Å²) in [5, 5.41) is 27.2. The summed E-state index contributed by atoms with van der Waals surface area (Å²) in [6.45, 7) is 4.87. The van der Waals surface area contributed by atoms with Crippen molar-refractivity contribution >= 4 is 22.6 Å². The maximum atomic E-state index is 14.6. The first-order chi connectivity index (χ1) is 33.9. The number of hydrogen-bond acceptors (Lipinski definition) is 9. The Balaban J connectivity index is 1.22. The second-order valence-electron chi connectivity index (χ2n) is 18.3. The van der Waals surface area contributed by atoms with Crippen LogP contribution >= 0.6 is 0 Å². The van der Waals surface area contributed by atoms with Crippen LogP contribution in [0.25, 0.3) is 21.9 Å². The van der Waals surface area contributed by atoms with Gasteiger partial charge in [0.2, 0.25) is 5.79 Å². The SMILES string of the molecule is C=CCOC12Oc3ccc(Oc4ccc(-c5ccccc5)cc4)cc3C3C(CCCCO)C(CCCCO)C=C(C(=NOCc4ccccc4)CC1N(Cc1cccc4ccccc14)C(=O)OC)C32. The molecule has 356 valence electrons. The van der Waals surface area contributed by atoms with Crippen LogP contribution in [0.3, 0.4) is 0 Å². The number of aliphatic hydroxyl groups is 2. The average Bonchev–Trinajstić information content (AvgIpc) is 3.39. The van der Waals surface area contributed by atoms with Crippen molar-refractivity contribution in [3.8, 4) is 28.4 Å². The van der Waals surface area contributed by atoms with Gasteiger partial charge in [-0.15, -0.1) is 6.58 Å². The molecule has 2 N–H and O–H groups in total. The minimum atomic E-state index is -1.46. The molecule has 6 atom stereocenters. The normalized spacial score (nSPS) is 21.9. The van der Waals surface area contributed by atoms with Gasteiger partial charge in [0.05, 0.1) is 31.9 Å². The van der Waals surface area contributed by atoms with Crippen LogP contribution in [0.15, 0.2) is 175 Å². The summed E-state index contributed by atoms with van der Waals surface area (Å²) in [4.78, 5) is 22.7. The maximum absolute atomic E-state index is 14.6. The van der Waals surface area contributed by atoms with E-state index in [1.165, 1.54) is 7.11 Å². The molecule has 6 aromatic rings. The smallest absolute Gasteiger partial charge is 0.410 e. The summed E-state index contributed by atoms with van der Waals surface area (Å²) in [6.07, 6.45) is 8.36. The Morgan fingerprint density at radius 2 is 1.51 bits per heavy atom. The van der Waals surface area contributed by atoms with Crippen molar-refractivity contribution in [1.82, 2.24) is 4.90 Å². The molecule has 1 amide bonds. The molecule has 69 heavy (non-hydrogen) atoms. The highest BCUT2D eigenvalue weighted by molar-refractivity contribution is 6.03. The van der Waals surface area contributed by atoms with E-state index < -0.39 is 23.8 Å². The van der Waals surface area contributed by atoms with Gasteiger partial charge in [-0.1, -0.05) is 145 Å². The number of ether oxygens (including phenoxy) is 4. The Morgan fingerprint density at radius 3 is 2.26 bits per heavy atom. The summed E-state index contributed by atoms with van der Waals surface area (Å²) in [5.74, 6) is -0.112. The lowest BCUT2D eigenvalue weighted by Gasteiger charge is -2.59. The van der Waals surface area contributed by atoms with Crippen molar-refractivity contribution in [2.75, 3.05) is 26.9 Å². The zero-order valence-electron chi connectivity index (χ0n) is 39.3. The van der Waals surface area contributed by atoms with Gasteiger partial charge in [0.15, 0.2) is 0 Å². The first-order valence-electron chi connectivity index (χ1n) is 24.3. The number of aliphatic hydroxyl groups excluding tert-OH is 2. The summed E-state index contributed by atoms with van der Waals surface area (Å²) < 4.78 is 27.1. The first kappa shape index (κ1) is 47.4. The first-order valence-corrected chi connectivity index (χ1v) is 24.3. The van der Waals surface area contributed by atoms with Crippen LogP contribution < -0.4 is 9.47 Å². The van der Waals surface area contributed by atoms with Crippen LogP contribution in [-0.2, 0) is 27.5 Å². The van der Waals surface area contributed by atoms with Gasteiger partial charge in [-0.25, -0.2) is 4.79 Å². The van der Waals surface area contributed by atoms with Gasteiger partial charge >= 0.3 is 6.09 Å². The fourth-order valence-corrected chi connectivity index (χ4v) is 11.0. The quantitative estimate of drug-likeness (QED) is 0.0441. The van der Waals surface area contributed by atoms with Gasteiger partial charge in [-0.2, -0.15) is 0 Å². The van der Waals surface area contributed by atoms with Crippen LogP contribution in [0.4, 0.5) is 4.79 Å². The number of methoxy groups -OCH3 is 1. The van der Waals surface area contributed by atoms with Gasteiger partial charge in [0.25, 0.3) is 0 Å². The van der Waals surface area contributed by atoms with E-state index in [1.54, 1.807) is 11.0 Å². The molecule has 0 aromatic heterocycles. The Bertz CT molecular complexity index is 2740. The van der Waals surface area contributed by atoms with Crippen molar-refractivity contribution in [3.63, 3.8) is 0 Å². The lowest BCUT2D eigenvalue weighted by molar-refractivity contribution is -0.256. The molecule has 1 saturated carbocycles. The summed E-state index contributed by atoms with van der Waals surface area (Å²) in [7, 11) is 1.41. The number of nitrogens with zero attached hydrogens (tertiary/aromatic N) is 2. The molecule has 0 spiro atoms. The molecule has 6 aromatic carbocycles. The number of carbonyl (C=O) groups is 1. The van der Waals surface area contributed by atoms with Crippen LogP contribution in [-0.4, -0.2) is 65.7 Å². The predicted molar refractivity (Wildman–Crippen MR) is 270 cm³/mol. The summed E-state index contributed by atoms with van der Waals surface area (Å²) >= 11 is 0. The molecule has 10 nitrogen and oxygen atoms in total. The van der Waals surface area contributed by atoms with Gasteiger partial charge in [0.1, 0.15) is 29.9 Å². The number of hydrogen-bond donors (Lipinski definition) is 2. The minimum absolute atomic E-state index is 0.0358. The standard InChI is InChI=1S/C59H62N2O8/c1-3-35-66-59-55(61(58(64)65-2)39-46-24-16-23-44-21-10-11-25-49(44)46)38-53(60-67-40-41-17-6-4-7-18-41)51-36-45(22-12-14-33-62)50(26-13-15-34-63)56(57(51)59)52-37-48(31-32-54(52)69-59)68-47-29-27-43(28-30-47)42-19-8-5-9-20-42/h3-11,16-21,23-25,27-32,36-37,45,50,55-57,62-63H,1,12-15,22,26,33-35,38-40H2,2H3. The van der Waals surface area contributed by atoms with E-state index in [0.29, 0.717) is 35.8 Å². The number of unbranched alkanes of at least 4 members (excludes halogenated alkanes) is 2. The molecule has 2 aliphatic carbocycles. The van der Waals surface area contributed by atoms with Crippen molar-refractivity contribution in [3.05, 3.63) is 187 Å². The number of rotatable bonds is 20. The number of oxime groups is 1. The second-order valence-corrected chi connectivity index (χ2v) is 18.3. The molecule has 0 saturated heterocycles. The van der Waals surface area contributed by atoms with Crippen molar-refractivity contribution < 1.29 is 38.8 Å². The molecule has 3 aliphatic rings. The van der Waals surface area contributed by atoms with Gasteiger partial charge in [0, 0.05) is 31.1 Å². The number of benzene rings is 6. The third-order valence-electron chi connectivity index (χ3n) is 14.1. The fraction of sp³-hybridized carbons (Fsp3) is 0.322. The zero-order valence-corrected chi connectivity index (χ0v) is 39.3. The molecule has 0 radical (unpaired) electrons. The monoisotopic (exact) mass is 926 g/mol. The Hall–Kier alpha value is -6.72. The third-order valence-corrected chi connectivity index (χ3v) is 14.1. The fourth-order valence-electron chi connectivity index (χ4n) is 11.0. The molecule has 9 rings (SSSR count). The Kier molecular flexibility index (Phi) is 15.2. The van der Waals surface area contributed by atoms with Crippen LogP contribution in [0.1, 0.15) is 67.6 Å². The van der Waals surface area contributed by atoms with Gasteiger partial charge in [-0.05, 0) is 106 Å². The van der Waals surface area contributed by atoms with Crippen molar-refractivity contribution in [2.45, 2.75) is 75.8 Å². The molecule has 6 unspecified atom stereocenters. The largest absolute Gasteiger partial charge is 0.459 e. The second kappa shape index (κ2) is 22.1. The number of carbonyl (C=O) groups excluding carboxylic acids is 1. The Labute approximate surface area is 405 Å². The molecule has 10 heteroatoms. The van der Waals surface area contributed by atoms with Crippen molar-refractivity contribution in [2.24, 2.45) is 22.9 Å². The zero-order chi connectivity index (χ0) is 47.6. The van der Waals surface area contributed by atoms with Crippen LogP contribution in [0.5, 0.6) is 17.2 Å². The lowest BCUT2D eigenvalue weighted by Crippen LogP contribution is -2.70. The van der Waals surface area contributed by atoms with Crippen LogP contribution in [0.2, 0.25) is 0 Å². The van der Waals surface area contributed by atoms with E-state index in [4.69, 9.17) is 28.9 Å². The number of fused-ring (bicyclic) bond motifs is 3. The minimum Gasteiger partial charge on any atom is -0.459 e. The van der Waals surface area contributed by atoms with E-state index in [2.05, 4.69) is 61.2 Å². The number of allylic oxidation sites excluding steroid dienone is 1. The van der Waals surface area contributed by atoms with E-state index in [1.807, 2.05) is 97.1 Å². The summed E-state index contributed by atoms with van der Waals surface area (Å²) in [6, 6.07) is 47.9. The molecule has 1 heterocycles. The topological polar surface area (TPSA) is 119 Å². The predicted octanol–water partition coefficient (Wildman–Crippen LogP) is 12.4. The van der Waals surface area contributed by atoms with Crippen LogP contribution in [0, 0.1) is 17.8 Å². The summed E-state index contributed by atoms with van der Waals surface area (Å²) in [5.41, 5.74) is 6.75. The van der Waals surface area contributed by atoms with E-state index >= 15 is 0 Å². The highest BCUT2D eigenvalue weighted by Gasteiger charge is 2.65. The molecule has 0 bridgehead atoms. The molecular weight excluding hydrogens is 865 g/mol. The van der Waals surface area contributed by atoms with Gasteiger partial charge in [-0.3, -0.25) is 4.90 Å². The number of amides is 1. The maximum Gasteiger partial charge on any atom is 0.410 e. The molecule has 1 aliphatic heterocycles. The van der Waals surface area contributed by atoms with Gasteiger partial charge < -0.3 is 34.0 Å². The highest BCUT2D eigenvalue weighted by atomic mass is 16.7.